The predicted octanol–water partition coefficient (Wildman–Crippen LogP) is 4.99. The summed E-state index contributed by atoms with van der Waals surface area (Å²) >= 11 is 9.35. The maximum atomic E-state index is 10.0. The van der Waals surface area contributed by atoms with Gasteiger partial charge in [0.05, 0.1) is 18.2 Å². The number of rotatable bonds is 4. The molecular weight excluding hydrogens is 342 g/mol. The first-order chi connectivity index (χ1) is 9.51. The fourth-order valence-electron chi connectivity index (χ4n) is 1.93. The van der Waals surface area contributed by atoms with Crippen molar-refractivity contribution in [1.29, 1.82) is 0 Å². The summed E-state index contributed by atoms with van der Waals surface area (Å²) in [5.41, 5.74) is 1.72. The number of halogens is 2. The Balaban J connectivity index is 2.19. The van der Waals surface area contributed by atoms with Crippen LogP contribution in [0.15, 0.2) is 40.9 Å². The number of benzene rings is 2. The van der Waals surface area contributed by atoms with Gasteiger partial charge in [0.25, 0.3) is 0 Å². The highest BCUT2D eigenvalue weighted by atomic mass is 79.9. The average Bonchev–Trinajstić information content (AvgIpc) is 2.42. The summed E-state index contributed by atoms with van der Waals surface area (Å²) in [4.78, 5) is 0. The van der Waals surface area contributed by atoms with Crippen LogP contribution in [0.4, 0.5) is 5.69 Å². The minimum absolute atomic E-state index is 0.0472. The van der Waals surface area contributed by atoms with Gasteiger partial charge in [-0.3, -0.25) is 0 Å². The molecule has 0 heterocycles. The standard InChI is InChI=1S/C15H15BrClNO2/c1-9(12-5-4-11(20-2)8-15(12)19)18-10-3-6-14(17)13(16)7-10/h3-9,18-19H,1-2H3. The summed E-state index contributed by atoms with van der Waals surface area (Å²) in [6.45, 7) is 1.98. The summed E-state index contributed by atoms with van der Waals surface area (Å²) in [6, 6.07) is 10.8. The molecule has 1 atom stereocenters. The van der Waals surface area contributed by atoms with Crippen molar-refractivity contribution in [2.24, 2.45) is 0 Å². The summed E-state index contributed by atoms with van der Waals surface area (Å²) < 4.78 is 5.90. The molecule has 3 nitrogen and oxygen atoms in total. The number of phenols is 1. The monoisotopic (exact) mass is 355 g/mol. The molecule has 0 aromatic heterocycles. The molecule has 5 heteroatoms. The summed E-state index contributed by atoms with van der Waals surface area (Å²) in [6.07, 6.45) is 0. The highest BCUT2D eigenvalue weighted by molar-refractivity contribution is 9.10. The number of anilines is 1. The Labute approximate surface area is 131 Å². The van der Waals surface area contributed by atoms with Crippen LogP contribution in [0.1, 0.15) is 18.5 Å². The molecule has 0 aliphatic heterocycles. The topological polar surface area (TPSA) is 41.5 Å². The van der Waals surface area contributed by atoms with Crippen molar-refractivity contribution in [2.75, 3.05) is 12.4 Å². The zero-order chi connectivity index (χ0) is 14.7. The van der Waals surface area contributed by atoms with Crippen LogP contribution in [0.25, 0.3) is 0 Å². The van der Waals surface area contributed by atoms with Crippen LogP contribution in [0.2, 0.25) is 5.02 Å². The second kappa shape index (κ2) is 6.37. The Hall–Kier alpha value is -1.39. The van der Waals surface area contributed by atoms with Gasteiger partial charge in [-0.15, -0.1) is 0 Å². The zero-order valence-corrected chi connectivity index (χ0v) is 13.5. The lowest BCUT2D eigenvalue weighted by atomic mass is 10.1. The van der Waals surface area contributed by atoms with Gasteiger partial charge in [-0.2, -0.15) is 0 Å². The van der Waals surface area contributed by atoms with E-state index in [-0.39, 0.29) is 11.8 Å². The van der Waals surface area contributed by atoms with Crippen LogP contribution in [0, 0.1) is 0 Å². The number of phenolic OH excluding ortho intramolecular Hbond substituents is 1. The molecule has 2 rings (SSSR count). The molecule has 0 bridgehead atoms. The van der Waals surface area contributed by atoms with E-state index in [2.05, 4.69) is 21.2 Å². The van der Waals surface area contributed by atoms with Crippen molar-refractivity contribution >= 4 is 33.2 Å². The average molecular weight is 357 g/mol. The van der Waals surface area contributed by atoms with Crippen molar-refractivity contribution in [1.82, 2.24) is 0 Å². The van der Waals surface area contributed by atoms with Gasteiger partial charge < -0.3 is 15.2 Å². The van der Waals surface area contributed by atoms with E-state index in [0.29, 0.717) is 10.8 Å². The van der Waals surface area contributed by atoms with Gasteiger partial charge in [-0.25, -0.2) is 0 Å². The van der Waals surface area contributed by atoms with Crippen molar-refractivity contribution in [2.45, 2.75) is 13.0 Å². The minimum Gasteiger partial charge on any atom is -0.507 e. The van der Waals surface area contributed by atoms with Crippen LogP contribution in [0.3, 0.4) is 0 Å². The van der Waals surface area contributed by atoms with Crippen molar-refractivity contribution in [3.63, 3.8) is 0 Å². The number of nitrogens with one attached hydrogen (secondary N) is 1. The van der Waals surface area contributed by atoms with E-state index in [4.69, 9.17) is 16.3 Å². The third kappa shape index (κ3) is 3.38. The van der Waals surface area contributed by atoms with E-state index < -0.39 is 0 Å². The lowest BCUT2D eigenvalue weighted by Crippen LogP contribution is -2.06. The Morgan fingerprint density at radius 2 is 2.00 bits per heavy atom. The first kappa shape index (κ1) is 15.0. The highest BCUT2D eigenvalue weighted by Crippen LogP contribution is 2.32. The molecule has 0 amide bonds. The maximum Gasteiger partial charge on any atom is 0.124 e. The van der Waals surface area contributed by atoms with E-state index in [0.717, 1.165) is 15.7 Å². The Bertz CT molecular complexity index is 619. The van der Waals surface area contributed by atoms with Crippen molar-refractivity contribution in [3.05, 3.63) is 51.5 Å². The smallest absolute Gasteiger partial charge is 0.124 e. The minimum atomic E-state index is -0.0472. The van der Waals surface area contributed by atoms with E-state index in [9.17, 15) is 5.11 Å². The van der Waals surface area contributed by atoms with Crippen LogP contribution >= 0.6 is 27.5 Å². The van der Waals surface area contributed by atoms with Gasteiger partial charge in [-0.1, -0.05) is 11.6 Å². The summed E-state index contributed by atoms with van der Waals surface area (Å²) in [5, 5.41) is 14.0. The molecule has 0 aliphatic rings. The van der Waals surface area contributed by atoms with Crippen molar-refractivity contribution in [3.8, 4) is 11.5 Å². The number of methoxy groups -OCH3 is 1. The van der Waals surface area contributed by atoms with Gasteiger partial charge in [0, 0.05) is 21.8 Å². The lowest BCUT2D eigenvalue weighted by molar-refractivity contribution is 0.406. The van der Waals surface area contributed by atoms with Gasteiger partial charge in [-0.05, 0) is 53.2 Å². The molecule has 0 radical (unpaired) electrons. The zero-order valence-electron chi connectivity index (χ0n) is 11.2. The SMILES string of the molecule is COc1ccc(C(C)Nc2ccc(Cl)c(Br)c2)c(O)c1. The van der Waals surface area contributed by atoms with Crippen LogP contribution in [-0.2, 0) is 0 Å². The van der Waals surface area contributed by atoms with Gasteiger partial charge in [0.15, 0.2) is 0 Å². The second-order valence-corrected chi connectivity index (χ2v) is 5.68. The van der Waals surface area contributed by atoms with E-state index in [1.54, 1.807) is 13.2 Å². The molecule has 0 saturated heterocycles. The van der Waals surface area contributed by atoms with E-state index in [1.807, 2.05) is 37.3 Å². The highest BCUT2D eigenvalue weighted by Gasteiger charge is 2.11. The first-order valence-electron chi connectivity index (χ1n) is 6.09. The van der Waals surface area contributed by atoms with Crippen LogP contribution < -0.4 is 10.1 Å². The molecule has 2 N–H and O–H groups in total. The normalized spacial score (nSPS) is 12.0. The van der Waals surface area contributed by atoms with E-state index >= 15 is 0 Å². The largest absolute Gasteiger partial charge is 0.507 e. The molecule has 0 spiro atoms. The molecule has 20 heavy (non-hydrogen) atoms. The quantitative estimate of drug-likeness (QED) is 0.811. The molecule has 0 fully saturated rings. The van der Waals surface area contributed by atoms with Crippen LogP contribution in [-0.4, -0.2) is 12.2 Å². The fraction of sp³-hybridized carbons (Fsp3) is 0.200. The fourth-order valence-corrected chi connectivity index (χ4v) is 2.43. The molecule has 0 saturated carbocycles. The Morgan fingerprint density at radius 1 is 1.25 bits per heavy atom. The molecule has 2 aromatic rings. The number of aromatic hydroxyl groups is 1. The summed E-state index contributed by atoms with van der Waals surface area (Å²) in [7, 11) is 1.57. The molecule has 0 aliphatic carbocycles. The van der Waals surface area contributed by atoms with E-state index in [1.165, 1.54) is 0 Å². The molecule has 106 valence electrons. The van der Waals surface area contributed by atoms with Gasteiger partial charge in [0.2, 0.25) is 0 Å². The molecular formula is C15H15BrClNO2. The van der Waals surface area contributed by atoms with Crippen molar-refractivity contribution < 1.29 is 9.84 Å². The van der Waals surface area contributed by atoms with Crippen LogP contribution in [0.5, 0.6) is 11.5 Å². The third-order valence-electron chi connectivity index (χ3n) is 3.01. The van der Waals surface area contributed by atoms with Gasteiger partial charge in [0.1, 0.15) is 11.5 Å². The molecule has 1 unspecified atom stereocenters. The lowest BCUT2D eigenvalue weighted by Gasteiger charge is -2.18. The third-order valence-corrected chi connectivity index (χ3v) is 4.22. The Kier molecular flexibility index (Phi) is 4.78. The predicted molar refractivity (Wildman–Crippen MR) is 85.8 cm³/mol. The maximum absolute atomic E-state index is 10.0. The summed E-state index contributed by atoms with van der Waals surface area (Å²) in [5.74, 6) is 0.838. The van der Waals surface area contributed by atoms with Gasteiger partial charge >= 0.3 is 0 Å². The number of hydrogen-bond acceptors (Lipinski definition) is 3. The second-order valence-electron chi connectivity index (χ2n) is 4.42. The molecule has 2 aromatic carbocycles. The first-order valence-corrected chi connectivity index (χ1v) is 7.27. The number of ether oxygens (including phenoxy) is 1. The Morgan fingerprint density at radius 3 is 2.60 bits per heavy atom. The number of hydrogen-bond donors (Lipinski definition) is 2.